The number of rotatable bonds is 8. The van der Waals surface area contributed by atoms with Crippen molar-refractivity contribution in [2.75, 3.05) is 0 Å². The maximum atomic E-state index is 11.2. The summed E-state index contributed by atoms with van der Waals surface area (Å²) in [7, 11) is 0. The SMILES string of the molecule is C=CCCCCCC(C)(C(=O)O)C1CC1. The molecule has 0 spiro atoms. The number of unbranched alkanes of at least 4 members (excludes halogenated alkanes) is 3. The summed E-state index contributed by atoms with van der Waals surface area (Å²) in [5.41, 5.74) is -0.450. The highest BCUT2D eigenvalue weighted by Crippen LogP contribution is 2.48. The number of hydrogen-bond acceptors (Lipinski definition) is 1. The van der Waals surface area contributed by atoms with Crippen molar-refractivity contribution in [1.82, 2.24) is 0 Å². The largest absolute Gasteiger partial charge is 0.481 e. The first-order chi connectivity index (χ1) is 7.11. The predicted molar refractivity (Wildman–Crippen MR) is 61.7 cm³/mol. The second-order valence-electron chi connectivity index (χ2n) is 4.88. The molecule has 0 bridgehead atoms. The molecule has 86 valence electrons. The maximum absolute atomic E-state index is 11.2. The normalized spacial score (nSPS) is 19.5. The molecule has 1 aliphatic carbocycles. The molecule has 0 aromatic carbocycles. The summed E-state index contributed by atoms with van der Waals surface area (Å²) < 4.78 is 0. The van der Waals surface area contributed by atoms with Crippen LogP contribution in [0.4, 0.5) is 0 Å². The van der Waals surface area contributed by atoms with E-state index >= 15 is 0 Å². The Bertz CT molecular complexity index is 231. The van der Waals surface area contributed by atoms with Crippen LogP contribution in [0.5, 0.6) is 0 Å². The Hall–Kier alpha value is -0.790. The topological polar surface area (TPSA) is 37.3 Å². The van der Waals surface area contributed by atoms with E-state index in [0.29, 0.717) is 5.92 Å². The summed E-state index contributed by atoms with van der Waals surface area (Å²) in [4.78, 5) is 11.2. The van der Waals surface area contributed by atoms with Crippen LogP contribution in [-0.4, -0.2) is 11.1 Å². The first kappa shape index (κ1) is 12.3. The van der Waals surface area contributed by atoms with Gasteiger partial charge in [-0.15, -0.1) is 6.58 Å². The summed E-state index contributed by atoms with van der Waals surface area (Å²) in [5, 5.41) is 9.23. The van der Waals surface area contributed by atoms with Crippen LogP contribution in [0.15, 0.2) is 12.7 Å². The standard InChI is InChI=1S/C13H22O2/c1-3-4-5-6-7-10-13(2,12(14)15)11-8-9-11/h3,11H,1,4-10H2,2H3,(H,14,15). The summed E-state index contributed by atoms with van der Waals surface area (Å²) >= 11 is 0. The molecule has 1 aliphatic rings. The molecular weight excluding hydrogens is 188 g/mol. The first-order valence-corrected chi connectivity index (χ1v) is 5.95. The highest BCUT2D eigenvalue weighted by atomic mass is 16.4. The highest BCUT2D eigenvalue weighted by Gasteiger charge is 2.46. The molecule has 0 aliphatic heterocycles. The molecule has 1 unspecified atom stereocenters. The highest BCUT2D eigenvalue weighted by molar-refractivity contribution is 5.75. The minimum absolute atomic E-state index is 0.439. The zero-order valence-corrected chi connectivity index (χ0v) is 9.67. The van der Waals surface area contributed by atoms with E-state index in [-0.39, 0.29) is 0 Å². The Morgan fingerprint density at radius 1 is 1.47 bits per heavy atom. The molecule has 15 heavy (non-hydrogen) atoms. The van der Waals surface area contributed by atoms with Crippen LogP contribution in [0.2, 0.25) is 0 Å². The fraction of sp³-hybridized carbons (Fsp3) is 0.769. The Morgan fingerprint density at radius 3 is 2.60 bits per heavy atom. The van der Waals surface area contributed by atoms with E-state index in [9.17, 15) is 9.90 Å². The minimum atomic E-state index is -0.603. The van der Waals surface area contributed by atoms with Crippen molar-refractivity contribution < 1.29 is 9.90 Å². The van der Waals surface area contributed by atoms with Crippen molar-refractivity contribution in [3.63, 3.8) is 0 Å². The number of aliphatic carboxylic acids is 1. The maximum Gasteiger partial charge on any atom is 0.309 e. The predicted octanol–water partition coefficient (Wildman–Crippen LogP) is 3.62. The summed E-state index contributed by atoms with van der Waals surface area (Å²) in [5.74, 6) is -0.164. The lowest BCUT2D eigenvalue weighted by molar-refractivity contribution is -0.149. The monoisotopic (exact) mass is 210 g/mol. The van der Waals surface area contributed by atoms with E-state index in [4.69, 9.17) is 0 Å². The van der Waals surface area contributed by atoms with Gasteiger partial charge in [0, 0.05) is 0 Å². The lowest BCUT2D eigenvalue weighted by Gasteiger charge is -2.24. The Balaban J connectivity index is 2.26. The minimum Gasteiger partial charge on any atom is -0.481 e. The van der Waals surface area contributed by atoms with Crippen molar-refractivity contribution in [1.29, 1.82) is 0 Å². The third-order valence-electron chi connectivity index (χ3n) is 3.57. The molecule has 1 N–H and O–H groups in total. The van der Waals surface area contributed by atoms with Crippen LogP contribution in [0, 0.1) is 11.3 Å². The van der Waals surface area contributed by atoms with Gasteiger partial charge in [0.2, 0.25) is 0 Å². The van der Waals surface area contributed by atoms with Gasteiger partial charge in [-0.1, -0.05) is 18.9 Å². The molecule has 0 saturated heterocycles. The number of carbonyl (C=O) groups is 1. The number of allylic oxidation sites excluding steroid dienone is 1. The second kappa shape index (κ2) is 5.34. The molecule has 0 aromatic heterocycles. The van der Waals surface area contributed by atoms with Gasteiger partial charge in [0.25, 0.3) is 0 Å². The summed E-state index contributed by atoms with van der Waals surface area (Å²) in [6.45, 7) is 5.60. The van der Waals surface area contributed by atoms with E-state index in [2.05, 4.69) is 6.58 Å². The molecule has 0 heterocycles. The van der Waals surface area contributed by atoms with E-state index in [0.717, 1.165) is 44.9 Å². The molecule has 1 rings (SSSR count). The van der Waals surface area contributed by atoms with Crippen molar-refractivity contribution in [2.24, 2.45) is 11.3 Å². The van der Waals surface area contributed by atoms with Crippen molar-refractivity contribution in [2.45, 2.75) is 51.9 Å². The van der Waals surface area contributed by atoms with Gasteiger partial charge in [-0.25, -0.2) is 0 Å². The van der Waals surface area contributed by atoms with Crippen LogP contribution in [0.25, 0.3) is 0 Å². The number of carboxylic acid groups (broad SMARTS) is 1. The lowest BCUT2D eigenvalue weighted by atomic mass is 9.80. The Labute approximate surface area is 92.4 Å². The van der Waals surface area contributed by atoms with Gasteiger partial charge in [0.05, 0.1) is 5.41 Å². The van der Waals surface area contributed by atoms with Gasteiger partial charge in [-0.2, -0.15) is 0 Å². The zero-order valence-electron chi connectivity index (χ0n) is 9.67. The van der Waals surface area contributed by atoms with Crippen molar-refractivity contribution in [3.8, 4) is 0 Å². The zero-order chi connectivity index (χ0) is 11.3. The molecule has 2 heteroatoms. The average molecular weight is 210 g/mol. The smallest absolute Gasteiger partial charge is 0.309 e. The first-order valence-electron chi connectivity index (χ1n) is 5.95. The van der Waals surface area contributed by atoms with Crippen LogP contribution in [-0.2, 0) is 4.79 Å². The fourth-order valence-corrected chi connectivity index (χ4v) is 2.16. The van der Waals surface area contributed by atoms with Crippen LogP contribution in [0.1, 0.15) is 51.9 Å². The van der Waals surface area contributed by atoms with Crippen LogP contribution in [0.3, 0.4) is 0 Å². The number of hydrogen-bond donors (Lipinski definition) is 1. The lowest BCUT2D eigenvalue weighted by Crippen LogP contribution is -2.29. The molecule has 1 atom stereocenters. The fourth-order valence-electron chi connectivity index (χ4n) is 2.16. The van der Waals surface area contributed by atoms with Crippen LogP contribution < -0.4 is 0 Å². The van der Waals surface area contributed by atoms with Gasteiger partial charge >= 0.3 is 5.97 Å². The van der Waals surface area contributed by atoms with Gasteiger partial charge < -0.3 is 5.11 Å². The Kier molecular flexibility index (Phi) is 4.37. The molecule has 2 nitrogen and oxygen atoms in total. The molecule has 0 radical (unpaired) electrons. The summed E-state index contributed by atoms with van der Waals surface area (Å²) in [6.07, 6.45) is 9.33. The third-order valence-corrected chi connectivity index (χ3v) is 3.57. The molecule has 0 amide bonds. The molecule has 1 saturated carbocycles. The second-order valence-corrected chi connectivity index (χ2v) is 4.88. The molecule has 1 fully saturated rings. The van der Waals surface area contributed by atoms with E-state index < -0.39 is 11.4 Å². The molecular formula is C13H22O2. The quantitative estimate of drug-likeness (QED) is 0.490. The van der Waals surface area contributed by atoms with Crippen molar-refractivity contribution in [3.05, 3.63) is 12.7 Å². The third kappa shape index (κ3) is 3.37. The van der Waals surface area contributed by atoms with E-state index in [1.54, 1.807) is 0 Å². The van der Waals surface area contributed by atoms with E-state index in [1.165, 1.54) is 0 Å². The van der Waals surface area contributed by atoms with Gasteiger partial charge in [0.1, 0.15) is 0 Å². The van der Waals surface area contributed by atoms with Crippen molar-refractivity contribution >= 4 is 5.97 Å². The molecule has 0 aromatic rings. The number of carboxylic acids is 1. The Morgan fingerprint density at radius 2 is 2.13 bits per heavy atom. The van der Waals surface area contributed by atoms with Crippen LogP contribution >= 0.6 is 0 Å². The van der Waals surface area contributed by atoms with Gasteiger partial charge in [0.15, 0.2) is 0 Å². The average Bonchev–Trinajstić information content (AvgIpc) is 3.00. The van der Waals surface area contributed by atoms with Gasteiger partial charge in [-0.05, 0) is 44.9 Å². The van der Waals surface area contributed by atoms with Gasteiger partial charge in [-0.3, -0.25) is 4.79 Å². The summed E-state index contributed by atoms with van der Waals surface area (Å²) in [6, 6.07) is 0. The van der Waals surface area contributed by atoms with E-state index in [1.807, 2.05) is 13.0 Å².